The van der Waals surface area contributed by atoms with Crippen molar-refractivity contribution in [2.24, 2.45) is 11.8 Å². The van der Waals surface area contributed by atoms with Crippen molar-refractivity contribution < 1.29 is 4.79 Å². The largest absolute Gasteiger partial charge is 0.345 e. The third kappa shape index (κ3) is 2.23. The lowest BCUT2D eigenvalue weighted by atomic mass is 10.3. The van der Waals surface area contributed by atoms with Crippen LogP contribution in [0, 0.1) is 23.2 Å². The van der Waals surface area contributed by atoms with Crippen molar-refractivity contribution in [3.8, 4) is 6.07 Å². The number of carbonyl (C=O) groups is 1. The van der Waals surface area contributed by atoms with Crippen LogP contribution in [0.4, 0.5) is 0 Å². The molecule has 0 bridgehead atoms. The molecule has 0 heterocycles. The summed E-state index contributed by atoms with van der Waals surface area (Å²) in [6.45, 7) is 3.01. The van der Waals surface area contributed by atoms with Gasteiger partial charge in [-0.05, 0) is 18.3 Å². The number of amides is 1. The van der Waals surface area contributed by atoms with Crippen LogP contribution in [0.5, 0.6) is 0 Å². The van der Waals surface area contributed by atoms with E-state index in [4.69, 9.17) is 5.26 Å². The molecule has 0 spiro atoms. The Morgan fingerprint density at radius 3 is 2.75 bits per heavy atom. The molecule has 1 saturated carbocycles. The number of carbonyl (C=O) groups excluding carboxylic acids is 1. The van der Waals surface area contributed by atoms with Crippen LogP contribution >= 0.6 is 0 Å². The van der Waals surface area contributed by atoms with E-state index in [0.29, 0.717) is 5.92 Å². The molecule has 2 unspecified atom stereocenters. The first-order valence-corrected chi connectivity index (χ1v) is 4.26. The van der Waals surface area contributed by atoms with Crippen LogP contribution in [0.15, 0.2) is 0 Å². The number of hydrogen-bond acceptors (Lipinski definition) is 2. The van der Waals surface area contributed by atoms with E-state index in [1.54, 1.807) is 11.9 Å². The Kier molecular flexibility index (Phi) is 2.69. The maximum absolute atomic E-state index is 11.1. The standard InChI is InChI=1S/C9H14N2O/c1-7-5-8(7)6-11(2)9(12)3-4-10/h7-8H,3,5-6H2,1-2H3. The zero-order valence-electron chi connectivity index (χ0n) is 7.58. The van der Waals surface area contributed by atoms with E-state index in [-0.39, 0.29) is 12.3 Å². The Labute approximate surface area is 73.0 Å². The van der Waals surface area contributed by atoms with Gasteiger partial charge in [0.25, 0.3) is 0 Å². The fraction of sp³-hybridized carbons (Fsp3) is 0.778. The van der Waals surface area contributed by atoms with Crippen LogP contribution in [-0.2, 0) is 4.79 Å². The molecule has 0 aromatic carbocycles. The maximum atomic E-state index is 11.1. The molecule has 0 aromatic rings. The third-order valence-corrected chi connectivity index (χ3v) is 2.44. The molecule has 3 heteroatoms. The van der Waals surface area contributed by atoms with Gasteiger partial charge in [0.05, 0.1) is 6.07 Å². The summed E-state index contributed by atoms with van der Waals surface area (Å²) in [4.78, 5) is 12.8. The number of nitrogens with zero attached hydrogens (tertiary/aromatic N) is 2. The van der Waals surface area contributed by atoms with Crippen molar-refractivity contribution >= 4 is 5.91 Å². The highest BCUT2D eigenvalue weighted by Crippen LogP contribution is 2.37. The number of nitriles is 1. The monoisotopic (exact) mass is 166 g/mol. The van der Waals surface area contributed by atoms with Gasteiger partial charge < -0.3 is 4.90 Å². The van der Waals surface area contributed by atoms with Crippen molar-refractivity contribution in [3.05, 3.63) is 0 Å². The molecule has 1 aliphatic carbocycles. The molecular formula is C9H14N2O. The average Bonchev–Trinajstić information content (AvgIpc) is 2.67. The molecule has 2 atom stereocenters. The molecule has 0 aliphatic heterocycles. The molecule has 1 rings (SSSR count). The summed E-state index contributed by atoms with van der Waals surface area (Å²) < 4.78 is 0. The quantitative estimate of drug-likeness (QED) is 0.628. The minimum atomic E-state index is -0.0587. The average molecular weight is 166 g/mol. The summed E-state index contributed by atoms with van der Waals surface area (Å²) in [7, 11) is 1.77. The zero-order chi connectivity index (χ0) is 9.14. The summed E-state index contributed by atoms with van der Waals surface area (Å²) in [5.41, 5.74) is 0. The van der Waals surface area contributed by atoms with Gasteiger partial charge >= 0.3 is 0 Å². The lowest BCUT2D eigenvalue weighted by Gasteiger charge is -2.14. The summed E-state index contributed by atoms with van der Waals surface area (Å²) in [6.07, 6.45) is 1.24. The minimum absolute atomic E-state index is 0.0115. The molecule has 1 fully saturated rings. The Balaban J connectivity index is 2.24. The van der Waals surface area contributed by atoms with Crippen molar-refractivity contribution in [3.63, 3.8) is 0 Å². The van der Waals surface area contributed by atoms with E-state index in [1.807, 2.05) is 6.07 Å². The van der Waals surface area contributed by atoms with Crippen LogP contribution in [-0.4, -0.2) is 24.4 Å². The van der Waals surface area contributed by atoms with Crippen LogP contribution < -0.4 is 0 Å². The highest BCUT2D eigenvalue weighted by atomic mass is 16.2. The Bertz CT molecular complexity index is 219. The zero-order valence-corrected chi connectivity index (χ0v) is 7.58. The second kappa shape index (κ2) is 3.57. The van der Waals surface area contributed by atoms with Crippen molar-refractivity contribution in [1.29, 1.82) is 5.26 Å². The van der Waals surface area contributed by atoms with Gasteiger partial charge in [-0.3, -0.25) is 4.79 Å². The number of hydrogen-bond donors (Lipinski definition) is 0. The first-order chi connectivity index (χ1) is 5.65. The predicted molar refractivity (Wildman–Crippen MR) is 45.1 cm³/mol. The smallest absolute Gasteiger partial charge is 0.236 e. The van der Waals surface area contributed by atoms with Crippen LogP contribution in [0.1, 0.15) is 19.8 Å². The summed E-state index contributed by atoms with van der Waals surface area (Å²) in [5, 5.41) is 8.29. The molecule has 1 aliphatic rings. The molecule has 0 radical (unpaired) electrons. The lowest BCUT2D eigenvalue weighted by molar-refractivity contribution is -0.129. The normalized spacial score (nSPS) is 26.1. The van der Waals surface area contributed by atoms with Gasteiger partial charge in [0, 0.05) is 13.6 Å². The van der Waals surface area contributed by atoms with Gasteiger partial charge in [-0.2, -0.15) is 5.26 Å². The van der Waals surface area contributed by atoms with E-state index in [9.17, 15) is 4.79 Å². The molecule has 12 heavy (non-hydrogen) atoms. The lowest BCUT2D eigenvalue weighted by Crippen LogP contribution is -2.28. The van der Waals surface area contributed by atoms with Gasteiger partial charge in [-0.15, -0.1) is 0 Å². The van der Waals surface area contributed by atoms with E-state index < -0.39 is 0 Å². The second-order valence-corrected chi connectivity index (χ2v) is 3.58. The molecule has 1 amide bonds. The van der Waals surface area contributed by atoms with Gasteiger partial charge in [0.1, 0.15) is 6.42 Å². The Morgan fingerprint density at radius 2 is 2.33 bits per heavy atom. The predicted octanol–water partition coefficient (Wildman–Crippen LogP) is 1.01. The molecule has 0 N–H and O–H groups in total. The van der Waals surface area contributed by atoms with Crippen LogP contribution in [0.2, 0.25) is 0 Å². The highest BCUT2D eigenvalue weighted by molar-refractivity contribution is 5.77. The maximum Gasteiger partial charge on any atom is 0.236 e. The highest BCUT2D eigenvalue weighted by Gasteiger charge is 2.33. The summed E-state index contributed by atoms with van der Waals surface area (Å²) in [6, 6.07) is 1.86. The van der Waals surface area contributed by atoms with E-state index in [2.05, 4.69) is 6.92 Å². The van der Waals surface area contributed by atoms with Gasteiger partial charge in [-0.1, -0.05) is 6.92 Å². The van der Waals surface area contributed by atoms with E-state index in [0.717, 1.165) is 12.5 Å². The van der Waals surface area contributed by atoms with Crippen LogP contribution in [0.25, 0.3) is 0 Å². The minimum Gasteiger partial charge on any atom is -0.345 e. The fourth-order valence-electron chi connectivity index (χ4n) is 1.31. The first-order valence-electron chi connectivity index (χ1n) is 4.26. The van der Waals surface area contributed by atoms with Gasteiger partial charge in [0.2, 0.25) is 5.91 Å². The number of rotatable bonds is 3. The van der Waals surface area contributed by atoms with Crippen molar-refractivity contribution in [2.75, 3.05) is 13.6 Å². The Morgan fingerprint density at radius 1 is 1.75 bits per heavy atom. The van der Waals surface area contributed by atoms with Crippen LogP contribution in [0.3, 0.4) is 0 Å². The molecular weight excluding hydrogens is 152 g/mol. The molecule has 3 nitrogen and oxygen atoms in total. The fourth-order valence-corrected chi connectivity index (χ4v) is 1.31. The van der Waals surface area contributed by atoms with Crippen molar-refractivity contribution in [1.82, 2.24) is 4.90 Å². The summed E-state index contributed by atoms with van der Waals surface area (Å²) >= 11 is 0. The summed E-state index contributed by atoms with van der Waals surface area (Å²) in [5.74, 6) is 1.39. The van der Waals surface area contributed by atoms with E-state index >= 15 is 0 Å². The molecule has 0 saturated heterocycles. The van der Waals surface area contributed by atoms with Gasteiger partial charge in [-0.25, -0.2) is 0 Å². The van der Waals surface area contributed by atoms with Crippen molar-refractivity contribution in [2.45, 2.75) is 19.8 Å². The third-order valence-electron chi connectivity index (χ3n) is 2.44. The SMILES string of the molecule is CC1CC1CN(C)C(=O)CC#N. The first kappa shape index (κ1) is 9.05. The second-order valence-electron chi connectivity index (χ2n) is 3.58. The molecule has 66 valence electrons. The molecule has 0 aromatic heterocycles. The van der Waals surface area contributed by atoms with E-state index in [1.165, 1.54) is 6.42 Å². The topological polar surface area (TPSA) is 44.1 Å². The Hall–Kier alpha value is -1.04. The van der Waals surface area contributed by atoms with Gasteiger partial charge in [0.15, 0.2) is 0 Å².